The minimum absolute atomic E-state index is 0.379. The largest absolute Gasteiger partial charge is 0.380 e. The van der Waals surface area contributed by atoms with E-state index in [1.807, 2.05) is 19.4 Å². The molecule has 1 aromatic heterocycles. The van der Waals surface area contributed by atoms with Gasteiger partial charge in [-0.25, -0.2) is 0 Å². The molecule has 0 radical (unpaired) electrons. The molecule has 0 spiro atoms. The number of ether oxygens (including phenoxy) is 1. The number of nitrogens with one attached hydrogen (secondary N) is 1. The first-order valence-corrected chi connectivity index (χ1v) is 5.19. The van der Waals surface area contributed by atoms with Gasteiger partial charge in [-0.3, -0.25) is 4.68 Å². The monoisotopic (exact) mass is 195 g/mol. The third-order valence-electron chi connectivity index (χ3n) is 2.51. The van der Waals surface area contributed by atoms with Crippen LogP contribution in [0.5, 0.6) is 0 Å². The second-order valence-corrected chi connectivity index (χ2v) is 3.77. The number of nitrogens with zero attached hydrogens (tertiary/aromatic N) is 2. The molecule has 4 nitrogen and oxygen atoms in total. The first-order chi connectivity index (χ1) is 6.84. The lowest BCUT2D eigenvalue weighted by Crippen LogP contribution is -2.26. The number of anilines is 1. The average Bonchev–Trinajstić information content (AvgIpc) is 2.63. The molecule has 2 heterocycles. The summed E-state index contributed by atoms with van der Waals surface area (Å²) >= 11 is 0. The van der Waals surface area contributed by atoms with Crippen LogP contribution in [-0.2, 0) is 11.8 Å². The van der Waals surface area contributed by atoms with E-state index >= 15 is 0 Å². The number of hydrogen-bond acceptors (Lipinski definition) is 3. The summed E-state index contributed by atoms with van der Waals surface area (Å²) in [5.74, 6) is 0. The smallest absolute Gasteiger partial charge is 0.0747 e. The molecular weight excluding hydrogens is 178 g/mol. The lowest BCUT2D eigenvalue weighted by atomic mass is 10.1. The maximum atomic E-state index is 5.62. The van der Waals surface area contributed by atoms with E-state index in [4.69, 9.17) is 4.74 Å². The fourth-order valence-corrected chi connectivity index (χ4v) is 1.71. The molecule has 2 rings (SSSR count). The van der Waals surface area contributed by atoms with Gasteiger partial charge in [0.05, 0.1) is 18.0 Å². The predicted octanol–water partition coefficient (Wildman–Crippen LogP) is 1.40. The van der Waals surface area contributed by atoms with E-state index in [0.717, 1.165) is 18.8 Å². The van der Waals surface area contributed by atoms with Crippen LogP contribution < -0.4 is 5.32 Å². The maximum absolute atomic E-state index is 5.62. The van der Waals surface area contributed by atoms with Gasteiger partial charge in [-0.2, -0.15) is 5.10 Å². The van der Waals surface area contributed by atoms with Crippen LogP contribution in [0.3, 0.4) is 0 Å². The van der Waals surface area contributed by atoms with Crippen LogP contribution in [0.1, 0.15) is 19.3 Å². The van der Waals surface area contributed by atoms with Crippen molar-refractivity contribution in [2.24, 2.45) is 7.05 Å². The Kier molecular flexibility index (Phi) is 3.03. The van der Waals surface area contributed by atoms with Gasteiger partial charge in [-0.05, 0) is 19.3 Å². The normalized spacial score (nSPS) is 22.2. The standard InChI is InChI=1S/C10H17N3O/c1-13-8-9(6-12-13)11-7-10-4-2-3-5-14-10/h6,8,10-11H,2-5,7H2,1H3/t10-/m0/s1. The predicted molar refractivity (Wildman–Crippen MR) is 55.3 cm³/mol. The molecule has 0 aromatic carbocycles. The van der Waals surface area contributed by atoms with Crippen molar-refractivity contribution >= 4 is 5.69 Å². The Labute approximate surface area is 84.3 Å². The zero-order valence-corrected chi connectivity index (χ0v) is 8.57. The summed E-state index contributed by atoms with van der Waals surface area (Å²) in [6.45, 7) is 1.81. The molecule has 0 saturated carbocycles. The van der Waals surface area contributed by atoms with E-state index in [-0.39, 0.29) is 0 Å². The molecule has 1 fully saturated rings. The van der Waals surface area contributed by atoms with Crippen molar-refractivity contribution in [2.75, 3.05) is 18.5 Å². The Hall–Kier alpha value is -1.03. The molecule has 1 aliphatic rings. The summed E-state index contributed by atoms with van der Waals surface area (Å²) in [5.41, 5.74) is 1.07. The lowest BCUT2D eigenvalue weighted by Gasteiger charge is -2.22. The highest BCUT2D eigenvalue weighted by atomic mass is 16.5. The second kappa shape index (κ2) is 4.46. The van der Waals surface area contributed by atoms with Crippen LogP contribution in [0.25, 0.3) is 0 Å². The number of aromatic nitrogens is 2. The van der Waals surface area contributed by atoms with Gasteiger partial charge in [0.2, 0.25) is 0 Å². The molecule has 1 atom stereocenters. The first-order valence-electron chi connectivity index (χ1n) is 5.19. The molecule has 1 aromatic rings. The van der Waals surface area contributed by atoms with E-state index < -0.39 is 0 Å². The molecule has 4 heteroatoms. The van der Waals surface area contributed by atoms with Crippen molar-refractivity contribution in [3.63, 3.8) is 0 Å². The van der Waals surface area contributed by atoms with E-state index in [0.29, 0.717) is 6.10 Å². The molecule has 0 unspecified atom stereocenters. The van der Waals surface area contributed by atoms with Gasteiger partial charge in [0.1, 0.15) is 0 Å². The van der Waals surface area contributed by atoms with E-state index in [1.54, 1.807) is 4.68 Å². The third-order valence-corrected chi connectivity index (χ3v) is 2.51. The average molecular weight is 195 g/mol. The van der Waals surface area contributed by atoms with Gasteiger partial charge in [-0.15, -0.1) is 0 Å². The van der Waals surface area contributed by atoms with Crippen LogP contribution in [0.2, 0.25) is 0 Å². The van der Waals surface area contributed by atoms with Gasteiger partial charge in [-0.1, -0.05) is 0 Å². The Morgan fingerprint density at radius 3 is 3.21 bits per heavy atom. The minimum Gasteiger partial charge on any atom is -0.380 e. The SMILES string of the molecule is Cn1cc(NC[C@@H]2CCCCO2)cn1. The topological polar surface area (TPSA) is 39.1 Å². The van der Waals surface area contributed by atoms with Crippen LogP contribution in [0.15, 0.2) is 12.4 Å². The highest BCUT2D eigenvalue weighted by molar-refractivity contribution is 5.37. The lowest BCUT2D eigenvalue weighted by molar-refractivity contribution is 0.0247. The van der Waals surface area contributed by atoms with Crippen molar-refractivity contribution in [3.8, 4) is 0 Å². The molecule has 1 saturated heterocycles. The van der Waals surface area contributed by atoms with Crippen LogP contribution in [0.4, 0.5) is 5.69 Å². The number of rotatable bonds is 3. The fraction of sp³-hybridized carbons (Fsp3) is 0.700. The molecule has 1 aliphatic heterocycles. The van der Waals surface area contributed by atoms with Crippen molar-refractivity contribution < 1.29 is 4.74 Å². The maximum Gasteiger partial charge on any atom is 0.0747 e. The van der Waals surface area contributed by atoms with E-state index in [1.165, 1.54) is 19.3 Å². The van der Waals surface area contributed by atoms with Crippen LogP contribution in [-0.4, -0.2) is 29.0 Å². The minimum atomic E-state index is 0.379. The van der Waals surface area contributed by atoms with Crippen molar-refractivity contribution in [1.82, 2.24) is 9.78 Å². The van der Waals surface area contributed by atoms with Gasteiger partial charge in [0, 0.05) is 26.4 Å². The third kappa shape index (κ3) is 2.48. The second-order valence-electron chi connectivity index (χ2n) is 3.77. The van der Waals surface area contributed by atoms with Crippen molar-refractivity contribution in [2.45, 2.75) is 25.4 Å². The number of hydrogen-bond donors (Lipinski definition) is 1. The zero-order valence-electron chi connectivity index (χ0n) is 8.57. The molecular formula is C10H17N3O. The van der Waals surface area contributed by atoms with Crippen molar-refractivity contribution in [1.29, 1.82) is 0 Å². The number of aryl methyl sites for hydroxylation is 1. The van der Waals surface area contributed by atoms with Gasteiger partial charge in [0.15, 0.2) is 0 Å². The summed E-state index contributed by atoms with van der Waals surface area (Å²) in [7, 11) is 1.92. The Morgan fingerprint density at radius 2 is 2.57 bits per heavy atom. The molecule has 78 valence electrons. The molecule has 0 aliphatic carbocycles. The van der Waals surface area contributed by atoms with Gasteiger partial charge >= 0.3 is 0 Å². The fourth-order valence-electron chi connectivity index (χ4n) is 1.71. The first kappa shape index (κ1) is 9.52. The quantitative estimate of drug-likeness (QED) is 0.792. The Balaban J connectivity index is 1.76. The summed E-state index contributed by atoms with van der Waals surface area (Å²) in [5, 5.41) is 7.42. The highest BCUT2D eigenvalue weighted by Gasteiger charge is 2.13. The van der Waals surface area contributed by atoms with Crippen molar-refractivity contribution in [3.05, 3.63) is 12.4 Å². The molecule has 0 bridgehead atoms. The summed E-state index contributed by atoms with van der Waals surface area (Å²) < 4.78 is 7.41. The molecule has 14 heavy (non-hydrogen) atoms. The van der Waals surface area contributed by atoms with E-state index in [9.17, 15) is 0 Å². The zero-order chi connectivity index (χ0) is 9.80. The Morgan fingerprint density at radius 1 is 1.64 bits per heavy atom. The molecule has 1 N–H and O–H groups in total. The van der Waals surface area contributed by atoms with Crippen LogP contribution >= 0.6 is 0 Å². The highest BCUT2D eigenvalue weighted by Crippen LogP contribution is 2.13. The summed E-state index contributed by atoms with van der Waals surface area (Å²) in [4.78, 5) is 0. The molecule has 0 amide bonds. The van der Waals surface area contributed by atoms with Gasteiger partial charge in [0.25, 0.3) is 0 Å². The van der Waals surface area contributed by atoms with Gasteiger partial charge < -0.3 is 10.1 Å². The van der Waals surface area contributed by atoms with Crippen LogP contribution in [0, 0.1) is 0 Å². The summed E-state index contributed by atoms with van der Waals surface area (Å²) in [6, 6.07) is 0. The Bertz CT molecular complexity index is 279. The van der Waals surface area contributed by atoms with E-state index in [2.05, 4.69) is 10.4 Å². The summed E-state index contributed by atoms with van der Waals surface area (Å²) in [6.07, 6.45) is 7.87.